The highest BCUT2D eigenvalue weighted by Gasteiger charge is 2.05. The molecule has 19 heavy (non-hydrogen) atoms. The first kappa shape index (κ1) is 14.5. The van der Waals surface area contributed by atoms with Crippen LogP contribution in [0.5, 0.6) is 5.75 Å². The zero-order chi connectivity index (χ0) is 13.5. The quantitative estimate of drug-likeness (QED) is 0.774. The maximum absolute atomic E-state index is 5.85. The molecule has 0 saturated carbocycles. The topological polar surface area (TPSA) is 34.1 Å². The Bertz CT molecular complexity index is 502. The summed E-state index contributed by atoms with van der Waals surface area (Å²) in [5.41, 5.74) is 1.17. The van der Waals surface area contributed by atoms with E-state index in [9.17, 15) is 0 Å². The van der Waals surface area contributed by atoms with E-state index in [0.717, 1.165) is 34.7 Å². The highest BCUT2D eigenvalue weighted by atomic mass is 79.9. The van der Waals surface area contributed by atoms with Gasteiger partial charge in [-0.3, -0.25) is 0 Å². The number of ether oxygens (including phenoxy) is 1. The van der Waals surface area contributed by atoms with Crippen LogP contribution in [0.1, 0.15) is 23.9 Å². The molecule has 5 heteroatoms. The normalized spacial score (nSPS) is 10.6. The van der Waals surface area contributed by atoms with Gasteiger partial charge in [-0.1, -0.05) is 22.9 Å². The molecule has 2 aromatic rings. The van der Waals surface area contributed by atoms with E-state index >= 15 is 0 Å². The van der Waals surface area contributed by atoms with Gasteiger partial charge in [0, 0.05) is 28.2 Å². The van der Waals surface area contributed by atoms with E-state index in [1.165, 1.54) is 5.56 Å². The SMILES string of the molecule is CCCNCc1cc(Br)ccc1OCc1nccs1. The zero-order valence-corrected chi connectivity index (χ0v) is 13.3. The van der Waals surface area contributed by atoms with Crippen molar-refractivity contribution in [2.75, 3.05) is 6.54 Å². The largest absolute Gasteiger partial charge is 0.486 e. The second kappa shape index (κ2) is 7.62. The van der Waals surface area contributed by atoms with Crippen molar-refractivity contribution in [3.05, 3.63) is 44.8 Å². The standard InChI is InChI=1S/C14H17BrN2OS/c1-2-5-16-9-11-8-12(15)3-4-13(11)18-10-14-17-6-7-19-14/h3-4,6-8,16H,2,5,9-10H2,1H3. The number of hydrogen-bond acceptors (Lipinski definition) is 4. The first-order valence-electron chi connectivity index (χ1n) is 6.30. The molecule has 0 atom stereocenters. The fourth-order valence-electron chi connectivity index (χ4n) is 1.69. The summed E-state index contributed by atoms with van der Waals surface area (Å²) in [7, 11) is 0. The van der Waals surface area contributed by atoms with Crippen molar-refractivity contribution in [3.8, 4) is 5.75 Å². The molecule has 1 aromatic heterocycles. The highest BCUT2D eigenvalue weighted by Crippen LogP contribution is 2.24. The summed E-state index contributed by atoms with van der Waals surface area (Å²) >= 11 is 5.11. The molecule has 1 heterocycles. The lowest BCUT2D eigenvalue weighted by atomic mass is 10.2. The summed E-state index contributed by atoms with van der Waals surface area (Å²) in [6.07, 6.45) is 2.93. The summed E-state index contributed by atoms with van der Waals surface area (Å²) < 4.78 is 6.93. The molecule has 0 fully saturated rings. The lowest BCUT2D eigenvalue weighted by Gasteiger charge is -2.11. The lowest BCUT2D eigenvalue weighted by Crippen LogP contribution is -2.14. The zero-order valence-electron chi connectivity index (χ0n) is 10.9. The van der Waals surface area contributed by atoms with Gasteiger partial charge in [0.05, 0.1) is 0 Å². The number of nitrogens with zero attached hydrogens (tertiary/aromatic N) is 1. The van der Waals surface area contributed by atoms with Gasteiger partial charge in [0.25, 0.3) is 0 Å². The number of halogens is 1. The van der Waals surface area contributed by atoms with Crippen LogP contribution in [0.25, 0.3) is 0 Å². The smallest absolute Gasteiger partial charge is 0.140 e. The Balaban J connectivity index is 2.01. The fourth-order valence-corrected chi connectivity index (χ4v) is 2.63. The van der Waals surface area contributed by atoms with Crippen molar-refractivity contribution in [3.63, 3.8) is 0 Å². The van der Waals surface area contributed by atoms with Gasteiger partial charge < -0.3 is 10.1 Å². The lowest BCUT2D eigenvalue weighted by molar-refractivity contribution is 0.301. The molecule has 0 unspecified atom stereocenters. The van der Waals surface area contributed by atoms with Crippen molar-refractivity contribution in [2.24, 2.45) is 0 Å². The van der Waals surface area contributed by atoms with Crippen LogP contribution in [0, 0.1) is 0 Å². The maximum atomic E-state index is 5.85. The van der Waals surface area contributed by atoms with Crippen molar-refractivity contribution in [2.45, 2.75) is 26.5 Å². The number of nitrogens with one attached hydrogen (secondary N) is 1. The second-order valence-electron chi connectivity index (χ2n) is 4.14. The summed E-state index contributed by atoms with van der Waals surface area (Å²) in [5.74, 6) is 0.919. The molecule has 1 aromatic carbocycles. The van der Waals surface area contributed by atoms with Gasteiger partial charge in [-0.2, -0.15) is 0 Å². The van der Waals surface area contributed by atoms with Gasteiger partial charge in [0.15, 0.2) is 0 Å². The summed E-state index contributed by atoms with van der Waals surface area (Å²) in [4.78, 5) is 4.22. The average Bonchev–Trinajstić information content (AvgIpc) is 2.91. The van der Waals surface area contributed by atoms with Crippen LogP contribution in [0.2, 0.25) is 0 Å². The van der Waals surface area contributed by atoms with E-state index in [2.05, 4.69) is 39.2 Å². The number of benzene rings is 1. The van der Waals surface area contributed by atoms with Crippen LogP contribution in [-0.4, -0.2) is 11.5 Å². The highest BCUT2D eigenvalue weighted by molar-refractivity contribution is 9.10. The Kier molecular flexibility index (Phi) is 5.82. The van der Waals surface area contributed by atoms with E-state index in [1.807, 2.05) is 17.5 Å². The Hall–Kier alpha value is -0.910. The number of hydrogen-bond donors (Lipinski definition) is 1. The minimum Gasteiger partial charge on any atom is -0.486 e. The van der Waals surface area contributed by atoms with E-state index in [0.29, 0.717) is 6.61 Å². The second-order valence-corrected chi connectivity index (χ2v) is 6.04. The first-order valence-corrected chi connectivity index (χ1v) is 7.97. The Morgan fingerprint density at radius 2 is 2.32 bits per heavy atom. The van der Waals surface area contributed by atoms with Crippen LogP contribution in [0.4, 0.5) is 0 Å². The summed E-state index contributed by atoms with van der Waals surface area (Å²) in [6.45, 7) is 4.52. The molecule has 0 aliphatic carbocycles. The molecule has 2 rings (SSSR count). The van der Waals surface area contributed by atoms with Crippen LogP contribution >= 0.6 is 27.3 Å². The molecule has 0 spiro atoms. The summed E-state index contributed by atoms with van der Waals surface area (Å²) in [6, 6.07) is 6.10. The van der Waals surface area contributed by atoms with Crippen LogP contribution in [0.15, 0.2) is 34.2 Å². The van der Waals surface area contributed by atoms with Gasteiger partial charge in [0.1, 0.15) is 17.4 Å². The predicted octanol–water partition coefficient (Wildman–Crippen LogP) is 3.98. The fraction of sp³-hybridized carbons (Fsp3) is 0.357. The van der Waals surface area contributed by atoms with Crippen molar-refractivity contribution in [1.29, 1.82) is 0 Å². The third-order valence-corrected chi connectivity index (χ3v) is 3.85. The number of aromatic nitrogens is 1. The van der Waals surface area contributed by atoms with Gasteiger partial charge in [-0.05, 0) is 31.2 Å². The Labute approximate surface area is 126 Å². The summed E-state index contributed by atoms with van der Waals surface area (Å²) in [5, 5.41) is 6.36. The van der Waals surface area contributed by atoms with Crippen LogP contribution in [-0.2, 0) is 13.2 Å². The Morgan fingerprint density at radius 1 is 1.42 bits per heavy atom. The van der Waals surface area contributed by atoms with E-state index in [4.69, 9.17) is 4.74 Å². The van der Waals surface area contributed by atoms with E-state index in [-0.39, 0.29) is 0 Å². The molecule has 1 N–H and O–H groups in total. The van der Waals surface area contributed by atoms with Crippen LogP contribution in [0.3, 0.4) is 0 Å². The third-order valence-electron chi connectivity index (χ3n) is 2.60. The molecular formula is C14H17BrN2OS. The molecule has 0 aliphatic heterocycles. The van der Waals surface area contributed by atoms with Gasteiger partial charge >= 0.3 is 0 Å². The molecule has 0 saturated heterocycles. The molecule has 3 nitrogen and oxygen atoms in total. The van der Waals surface area contributed by atoms with Gasteiger partial charge in [-0.25, -0.2) is 4.98 Å². The van der Waals surface area contributed by atoms with Gasteiger partial charge in [-0.15, -0.1) is 11.3 Å². The van der Waals surface area contributed by atoms with Gasteiger partial charge in [0.2, 0.25) is 0 Å². The first-order chi connectivity index (χ1) is 9.29. The predicted molar refractivity (Wildman–Crippen MR) is 82.6 cm³/mol. The molecule has 0 aliphatic rings. The number of rotatable bonds is 7. The molecule has 0 bridgehead atoms. The van der Waals surface area contributed by atoms with Crippen molar-refractivity contribution in [1.82, 2.24) is 10.3 Å². The monoisotopic (exact) mass is 340 g/mol. The minimum atomic E-state index is 0.528. The molecule has 102 valence electrons. The minimum absolute atomic E-state index is 0.528. The maximum Gasteiger partial charge on any atom is 0.140 e. The average molecular weight is 341 g/mol. The Morgan fingerprint density at radius 3 is 3.05 bits per heavy atom. The third kappa shape index (κ3) is 4.60. The molecule has 0 amide bonds. The van der Waals surface area contributed by atoms with Crippen molar-refractivity contribution >= 4 is 27.3 Å². The molecule has 0 radical (unpaired) electrons. The van der Waals surface area contributed by atoms with E-state index < -0.39 is 0 Å². The van der Waals surface area contributed by atoms with Crippen LogP contribution < -0.4 is 10.1 Å². The molecular weight excluding hydrogens is 324 g/mol. The van der Waals surface area contributed by atoms with E-state index in [1.54, 1.807) is 17.5 Å². The number of thiazole rings is 1. The van der Waals surface area contributed by atoms with Crippen molar-refractivity contribution < 1.29 is 4.74 Å².